The van der Waals surface area contributed by atoms with Gasteiger partial charge in [-0.15, -0.1) is 0 Å². The van der Waals surface area contributed by atoms with Gasteiger partial charge in [0.1, 0.15) is 5.69 Å². The first kappa shape index (κ1) is 16.6. The highest BCUT2D eigenvalue weighted by Crippen LogP contribution is 2.22. The second-order valence-electron chi connectivity index (χ2n) is 6.18. The van der Waals surface area contributed by atoms with E-state index >= 15 is 0 Å². The van der Waals surface area contributed by atoms with E-state index in [1.807, 2.05) is 12.1 Å². The lowest BCUT2D eigenvalue weighted by Gasteiger charge is -2.08. The summed E-state index contributed by atoms with van der Waals surface area (Å²) in [6, 6.07) is 14.5. The third-order valence-electron chi connectivity index (χ3n) is 4.05. The first-order valence-electron chi connectivity index (χ1n) is 8.03. The molecule has 2 aromatic carbocycles. The van der Waals surface area contributed by atoms with E-state index in [2.05, 4.69) is 35.7 Å². The molecule has 0 radical (unpaired) electrons. The zero-order valence-electron chi connectivity index (χ0n) is 14.1. The summed E-state index contributed by atoms with van der Waals surface area (Å²) in [4.78, 5) is 27.4. The molecule has 0 spiro atoms. The lowest BCUT2D eigenvalue weighted by molar-refractivity contribution is 0.0845. The van der Waals surface area contributed by atoms with Gasteiger partial charge in [0.15, 0.2) is 0 Å². The van der Waals surface area contributed by atoms with Crippen LogP contribution in [0.1, 0.15) is 46.2 Å². The van der Waals surface area contributed by atoms with Gasteiger partial charge in [0.25, 0.3) is 11.8 Å². The second kappa shape index (κ2) is 6.68. The molecular weight excluding hydrogens is 316 g/mol. The third kappa shape index (κ3) is 3.47. The number of aromatic amines is 1. The van der Waals surface area contributed by atoms with Gasteiger partial charge in [-0.2, -0.15) is 0 Å². The van der Waals surface area contributed by atoms with Crippen molar-refractivity contribution in [3.05, 3.63) is 65.4 Å². The van der Waals surface area contributed by atoms with Gasteiger partial charge >= 0.3 is 0 Å². The third-order valence-corrected chi connectivity index (χ3v) is 4.05. The van der Waals surface area contributed by atoms with Gasteiger partial charge in [0, 0.05) is 16.6 Å². The molecule has 0 fully saturated rings. The second-order valence-corrected chi connectivity index (χ2v) is 6.18. The fraction of sp³-hybridized carbons (Fsp3) is 0.158. The smallest absolute Gasteiger partial charge is 0.286 e. The van der Waals surface area contributed by atoms with E-state index in [4.69, 9.17) is 5.73 Å². The van der Waals surface area contributed by atoms with Crippen LogP contribution in [0.15, 0.2) is 48.5 Å². The lowest BCUT2D eigenvalue weighted by Crippen LogP contribution is -2.42. The number of carbonyl (C=O) groups excluding carboxylic acids is 2. The zero-order valence-corrected chi connectivity index (χ0v) is 14.1. The van der Waals surface area contributed by atoms with Crippen LogP contribution in [0.3, 0.4) is 0 Å². The Kier molecular flexibility index (Phi) is 4.43. The number of nitrogens with two attached hydrogens (primary N) is 1. The molecule has 0 bridgehead atoms. The van der Waals surface area contributed by atoms with Crippen LogP contribution in [0, 0.1) is 0 Å². The molecule has 128 valence electrons. The predicted octanol–water partition coefficient (Wildman–Crippen LogP) is 2.95. The summed E-state index contributed by atoms with van der Waals surface area (Å²) >= 11 is 0. The molecule has 25 heavy (non-hydrogen) atoms. The highest BCUT2D eigenvalue weighted by Gasteiger charge is 2.13. The number of fused-ring (bicyclic) bond motifs is 1. The quantitative estimate of drug-likeness (QED) is 0.437. The molecule has 3 rings (SSSR count). The van der Waals surface area contributed by atoms with Crippen LogP contribution in [0.5, 0.6) is 0 Å². The Morgan fingerprint density at radius 3 is 2.44 bits per heavy atom. The van der Waals surface area contributed by atoms with Crippen molar-refractivity contribution in [2.24, 2.45) is 0 Å². The number of hydrogen-bond donors (Lipinski definition) is 4. The first-order chi connectivity index (χ1) is 12.0. The monoisotopic (exact) mass is 336 g/mol. The molecule has 0 saturated heterocycles. The maximum Gasteiger partial charge on any atom is 0.286 e. The molecule has 0 aliphatic heterocycles. The van der Waals surface area contributed by atoms with Gasteiger partial charge in [-0.1, -0.05) is 32.0 Å². The highest BCUT2D eigenvalue weighted by molar-refractivity contribution is 6.02. The average molecular weight is 336 g/mol. The standard InChI is InChI=1S/C19H20N4O2/c1-11(2)12-7-8-16-13(9-12)10-17(21-16)19(25)23-22-18(24)14-5-3-4-6-15(14)20/h3-11,21H,20H2,1-2H3,(H,22,24)(H,23,25). The minimum atomic E-state index is -0.468. The van der Waals surface area contributed by atoms with E-state index in [1.165, 1.54) is 5.56 Å². The number of aromatic nitrogens is 1. The van der Waals surface area contributed by atoms with Crippen molar-refractivity contribution in [1.29, 1.82) is 0 Å². The molecule has 0 aliphatic rings. The molecule has 1 heterocycles. The van der Waals surface area contributed by atoms with E-state index in [0.717, 1.165) is 10.9 Å². The number of rotatable bonds is 3. The maximum atomic E-state index is 12.3. The van der Waals surface area contributed by atoms with Crippen molar-refractivity contribution in [2.45, 2.75) is 19.8 Å². The van der Waals surface area contributed by atoms with Crippen molar-refractivity contribution >= 4 is 28.4 Å². The summed E-state index contributed by atoms with van der Waals surface area (Å²) in [6.07, 6.45) is 0. The van der Waals surface area contributed by atoms with E-state index in [0.29, 0.717) is 22.9 Å². The van der Waals surface area contributed by atoms with Crippen molar-refractivity contribution in [3.63, 3.8) is 0 Å². The number of H-pyrrole nitrogens is 1. The Labute approximate surface area is 145 Å². The molecule has 3 aromatic rings. The Bertz CT molecular complexity index is 944. The lowest BCUT2D eigenvalue weighted by atomic mass is 10.0. The highest BCUT2D eigenvalue weighted by atomic mass is 16.2. The Morgan fingerprint density at radius 2 is 1.72 bits per heavy atom. The fourth-order valence-electron chi connectivity index (χ4n) is 2.58. The van der Waals surface area contributed by atoms with Gasteiger partial charge in [-0.25, -0.2) is 0 Å². The van der Waals surface area contributed by atoms with Crippen LogP contribution in [0.25, 0.3) is 10.9 Å². The van der Waals surface area contributed by atoms with Crippen LogP contribution in [0.2, 0.25) is 0 Å². The summed E-state index contributed by atoms with van der Waals surface area (Å²) in [5, 5.41) is 0.954. The predicted molar refractivity (Wildman–Crippen MR) is 98.2 cm³/mol. The zero-order chi connectivity index (χ0) is 18.0. The Balaban J connectivity index is 1.72. The van der Waals surface area contributed by atoms with Gasteiger partial charge in [-0.3, -0.25) is 20.4 Å². The average Bonchev–Trinajstić information content (AvgIpc) is 3.03. The number of hydrogen-bond acceptors (Lipinski definition) is 3. The molecule has 0 aliphatic carbocycles. The number of para-hydroxylation sites is 1. The SMILES string of the molecule is CC(C)c1ccc2[nH]c(C(=O)NNC(=O)c3ccccc3N)cc2c1. The van der Waals surface area contributed by atoms with Crippen molar-refractivity contribution in [1.82, 2.24) is 15.8 Å². The van der Waals surface area contributed by atoms with Gasteiger partial charge in [0.2, 0.25) is 0 Å². The van der Waals surface area contributed by atoms with E-state index in [-0.39, 0.29) is 0 Å². The van der Waals surface area contributed by atoms with Crippen LogP contribution in [-0.2, 0) is 0 Å². The van der Waals surface area contributed by atoms with Crippen LogP contribution in [-0.4, -0.2) is 16.8 Å². The Morgan fingerprint density at radius 1 is 1.00 bits per heavy atom. The maximum absolute atomic E-state index is 12.3. The van der Waals surface area contributed by atoms with Crippen molar-refractivity contribution < 1.29 is 9.59 Å². The number of amides is 2. The summed E-state index contributed by atoms with van der Waals surface area (Å²) < 4.78 is 0. The summed E-state index contributed by atoms with van der Waals surface area (Å²) in [7, 11) is 0. The fourth-order valence-corrected chi connectivity index (χ4v) is 2.58. The van der Waals surface area contributed by atoms with Crippen LogP contribution in [0.4, 0.5) is 5.69 Å². The largest absolute Gasteiger partial charge is 0.398 e. The Hall–Kier alpha value is -3.28. The molecule has 0 unspecified atom stereocenters. The van der Waals surface area contributed by atoms with E-state index in [1.54, 1.807) is 30.3 Å². The minimum Gasteiger partial charge on any atom is -0.398 e. The summed E-state index contributed by atoms with van der Waals surface area (Å²) in [5.74, 6) is -0.484. The molecule has 0 atom stereocenters. The molecule has 2 amide bonds. The number of nitrogen functional groups attached to an aromatic ring is 1. The number of carbonyl (C=O) groups is 2. The summed E-state index contributed by atoms with van der Waals surface area (Å²) in [6.45, 7) is 4.23. The summed E-state index contributed by atoms with van der Waals surface area (Å²) in [5.41, 5.74) is 13.6. The van der Waals surface area contributed by atoms with E-state index < -0.39 is 11.8 Å². The number of benzene rings is 2. The number of anilines is 1. The van der Waals surface area contributed by atoms with Crippen molar-refractivity contribution in [2.75, 3.05) is 5.73 Å². The van der Waals surface area contributed by atoms with E-state index in [9.17, 15) is 9.59 Å². The van der Waals surface area contributed by atoms with Gasteiger partial charge in [0.05, 0.1) is 5.56 Å². The molecule has 6 nitrogen and oxygen atoms in total. The normalized spacial score (nSPS) is 10.8. The molecule has 5 N–H and O–H groups in total. The van der Waals surface area contributed by atoms with Crippen molar-refractivity contribution in [3.8, 4) is 0 Å². The minimum absolute atomic E-state index is 0.307. The number of hydrazine groups is 1. The first-order valence-corrected chi connectivity index (χ1v) is 8.03. The molecular formula is C19H20N4O2. The molecule has 6 heteroatoms. The van der Waals surface area contributed by atoms with Gasteiger partial charge < -0.3 is 10.7 Å². The molecule has 0 saturated carbocycles. The topological polar surface area (TPSA) is 100 Å². The molecule has 1 aromatic heterocycles. The van der Waals surface area contributed by atoms with Gasteiger partial charge in [-0.05, 0) is 41.8 Å². The van der Waals surface area contributed by atoms with Crippen LogP contribution < -0.4 is 16.6 Å². The van der Waals surface area contributed by atoms with Crippen LogP contribution >= 0.6 is 0 Å². The number of nitrogens with one attached hydrogen (secondary N) is 3.